The second kappa shape index (κ2) is 8.36. The minimum atomic E-state index is -0.373. The van der Waals surface area contributed by atoms with Crippen molar-refractivity contribution in [2.24, 2.45) is 0 Å². The summed E-state index contributed by atoms with van der Waals surface area (Å²) in [5, 5.41) is 0.925. The zero-order chi connectivity index (χ0) is 19.2. The van der Waals surface area contributed by atoms with E-state index in [1.807, 2.05) is 42.5 Å². The molecule has 0 spiro atoms. The average molecular weight is 363 g/mol. The minimum absolute atomic E-state index is 0.0619. The molecule has 0 N–H and O–H groups in total. The summed E-state index contributed by atoms with van der Waals surface area (Å²) < 4.78 is 11.8. The molecule has 0 radical (unpaired) electrons. The summed E-state index contributed by atoms with van der Waals surface area (Å²) in [5.74, 6) is 0.407. The van der Waals surface area contributed by atoms with Gasteiger partial charge in [0, 0.05) is 12.1 Å². The van der Waals surface area contributed by atoms with Crippen molar-refractivity contribution in [1.29, 1.82) is 0 Å². The summed E-state index contributed by atoms with van der Waals surface area (Å²) >= 11 is 0. The van der Waals surface area contributed by atoms with Crippen LogP contribution in [0, 0.1) is 0 Å². The second-order valence-corrected chi connectivity index (χ2v) is 6.01. The van der Waals surface area contributed by atoms with Gasteiger partial charge in [0.25, 0.3) is 5.56 Å². The second-order valence-electron chi connectivity index (χ2n) is 6.01. The molecule has 0 aliphatic rings. The largest absolute Gasteiger partial charge is 0.497 e. The van der Waals surface area contributed by atoms with Crippen molar-refractivity contribution in [2.45, 2.75) is 13.5 Å². The first-order valence-corrected chi connectivity index (χ1v) is 8.72. The maximum atomic E-state index is 12.4. The summed E-state index contributed by atoms with van der Waals surface area (Å²) in [6.45, 7) is 2.58. The highest BCUT2D eigenvalue weighted by Crippen LogP contribution is 2.18. The summed E-state index contributed by atoms with van der Waals surface area (Å²) in [7, 11) is 1.62. The third-order valence-electron chi connectivity index (χ3n) is 4.21. The third-order valence-corrected chi connectivity index (χ3v) is 4.21. The quantitative estimate of drug-likeness (QED) is 0.496. The van der Waals surface area contributed by atoms with Crippen molar-refractivity contribution >= 4 is 22.9 Å². The number of benzene rings is 2. The van der Waals surface area contributed by atoms with Crippen molar-refractivity contribution in [3.63, 3.8) is 0 Å². The molecule has 0 amide bonds. The highest BCUT2D eigenvalue weighted by Gasteiger charge is 2.05. The van der Waals surface area contributed by atoms with Crippen LogP contribution in [0.2, 0.25) is 0 Å². The predicted molar refractivity (Wildman–Crippen MR) is 106 cm³/mol. The molecule has 0 aliphatic carbocycles. The van der Waals surface area contributed by atoms with E-state index < -0.39 is 0 Å². The van der Waals surface area contributed by atoms with E-state index in [2.05, 4.69) is 0 Å². The van der Waals surface area contributed by atoms with Crippen LogP contribution in [0.25, 0.3) is 17.0 Å². The number of carbonyl (C=O) groups is 1. The van der Waals surface area contributed by atoms with Crippen molar-refractivity contribution < 1.29 is 14.3 Å². The fourth-order valence-corrected chi connectivity index (χ4v) is 2.86. The van der Waals surface area contributed by atoms with Crippen LogP contribution < -0.4 is 10.3 Å². The first kappa shape index (κ1) is 18.5. The topological polar surface area (TPSA) is 57.5 Å². The van der Waals surface area contributed by atoms with Gasteiger partial charge in [0.2, 0.25) is 0 Å². The Hall–Kier alpha value is -3.34. The average Bonchev–Trinajstić information content (AvgIpc) is 2.69. The van der Waals surface area contributed by atoms with Crippen LogP contribution >= 0.6 is 0 Å². The van der Waals surface area contributed by atoms with Gasteiger partial charge in [0.05, 0.1) is 25.8 Å². The number of esters is 1. The zero-order valence-corrected chi connectivity index (χ0v) is 15.3. The smallest absolute Gasteiger partial charge is 0.330 e. The van der Waals surface area contributed by atoms with E-state index in [0.717, 1.165) is 27.8 Å². The molecular weight excluding hydrogens is 342 g/mol. The summed E-state index contributed by atoms with van der Waals surface area (Å²) in [6.07, 6.45) is 3.11. The first-order chi connectivity index (χ1) is 13.1. The Bertz CT molecular complexity index is 1030. The van der Waals surface area contributed by atoms with Gasteiger partial charge in [-0.2, -0.15) is 0 Å². The number of pyridine rings is 1. The molecular formula is C22H21NO4. The fourth-order valence-electron chi connectivity index (χ4n) is 2.86. The number of hydrogen-bond donors (Lipinski definition) is 0. The van der Waals surface area contributed by atoms with E-state index in [4.69, 9.17) is 9.47 Å². The molecule has 138 valence electrons. The molecule has 5 nitrogen and oxygen atoms in total. The molecule has 0 saturated heterocycles. The molecule has 0 aliphatic heterocycles. The molecule has 1 aromatic heterocycles. The lowest BCUT2D eigenvalue weighted by molar-refractivity contribution is -0.137. The number of nitrogens with zero attached hydrogens (tertiary/aromatic N) is 1. The van der Waals surface area contributed by atoms with E-state index in [1.165, 1.54) is 6.08 Å². The summed E-state index contributed by atoms with van der Waals surface area (Å²) in [5.41, 5.74) is 2.65. The Balaban J connectivity index is 1.92. The van der Waals surface area contributed by atoms with Crippen LogP contribution in [-0.2, 0) is 16.1 Å². The molecule has 0 atom stereocenters. The normalized spacial score (nSPS) is 11.0. The van der Waals surface area contributed by atoms with E-state index in [-0.39, 0.29) is 11.5 Å². The molecule has 2 aromatic carbocycles. The standard InChI is InChI=1S/C22H21NO4/c1-3-27-22(25)13-7-16-6-11-20-18(14-16)8-12-21(24)23(20)15-17-4-9-19(26-2)10-5-17/h4-14H,3,15H2,1-2H3. The Kier molecular flexibility index (Phi) is 5.71. The van der Waals surface area contributed by atoms with Crippen LogP contribution in [0.4, 0.5) is 0 Å². The van der Waals surface area contributed by atoms with Crippen molar-refractivity contribution in [1.82, 2.24) is 4.57 Å². The van der Waals surface area contributed by atoms with Gasteiger partial charge in [-0.1, -0.05) is 18.2 Å². The van der Waals surface area contributed by atoms with Crippen LogP contribution in [0.1, 0.15) is 18.1 Å². The van der Waals surface area contributed by atoms with E-state index in [1.54, 1.807) is 36.8 Å². The van der Waals surface area contributed by atoms with Gasteiger partial charge in [-0.25, -0.2) is 4.79 Å². The van der Waals surface area contributed by atoms with Gasteiger partial charge in [0.1, 0.15) is 5.75 Å². The van der Waals surface area contributed by atoms with Crippen LogP contribution in [-0.4, -0.2) is 24.3 Å². The van der Waals surface area contributed by atoms with E-state index >= 15 is 0 Å². The number of fused-ring (bicyclic) bond motifs is 1. The lowest BCUT2D eigenvalue weighted by atomic mass is 10.1. The number of carbonyl (C=O) groups excluding carboxylic acids is 1. The number of methoxy groups -OCH3 is 1. The zero-order valence-electron chi connectivity index (χ0n) is 15.3. The maximum Gasteiger partial charge on any atom is 0.330 e. The molecule has 0 unspecified atom stereocenters. The van der Waals surface area contributed by atoms with Gasteiger partial charge < -0.3 is 14.0 Å². The molecule has 1 heterocycles. The molecule has 0 bridgehead atoms. The third kappa shape index (κ3) is 4.44. The molecule has 3 rings (SSSR count). The highest BCUT2D eigenvalue weighted by atomic mass is 16.5. The number of rotatable bonds is 6. The maximum absolute atomic E-state index is 12.4. The van der Waals surface area contributed by atoms with Gasteiger partial charge in [0.15, 0.2) is 0 Å². The van der Waals surface area contributed by atoms with Gasteiger partial charge in [-0.15, -0.1) is 0 Å². The Morgan fingerprint density at radius 3 is 2.56 bits per heavy atom. The Morgan fingerprint density at radius 1 is 1.07 bits per heavy atom. The molecule has 5 heteroatoms. The van der Waals surface area contributed by atoms with Crippen LogP contribution in [0.3, 0.4) is 0 Å². The number of ether oxygens (including phenoxy) is 2. The van der Waals surface area contributed by atoms with Crippen molar-refractivity contribution in [3.8, 4) is 5.75 Å². The molecule has 27 heavy (non-hydrogen) atoms. The number of hydrogen-bond acceptors (Lipinski definition) is 4. The van der Waals surface area contributed by atoms with Gasteiger partial charge in [-0.05, 0) is 59.8 Å². The van der Waals surface area contributed by atoms with Crippen LogP contribution in [0.15, 0.2) is 65.5 Å². The van der Waals surface area contributed by atoms with Gasteiger partial charge in [-0.3, -0.25) is 4.79 Å². The lowest BCUT2D eigenvalue weighted by Gasteiger charge is -2.11. The lowest BCUT2D eigenvalue weighted by Crippen LogP contribution is -2.19. The van der Waals surface area contributed by atoms with Crippen molar-refractivity contribution in [3.05, 3.63) is 82.2 Å². The van der Waals surface area contributed by atoms with Crippen LogP contribution in [0.5, 0.6) is 5.75 Å². The monoisotopic (exact) mass is 363 g/mol. The van der Waals surface area contributed by atoms with Crippen molar-refractivity contribution in [2.75, 3.05) is 13.7 Å². The SMILES string of the molecule is CCOC(=O)C=Cc1ccc2c(ccc(=O)n2Cc2ccc(OC)cc2)c1. The fraction of sp³-hybridized carbons (Fsp3) is 0.182. The predicted octanol–water partition coefficient (Wildman–Crippen LogP) is 3.63. The highest BCUT2D eigenvalue weighted by molar-refractivity contribution is 5.88. The molecule has 0 saturated carbocycles. The molecule has 3 aromatic rings. The van der Waals surface area contributed by atoms with E-state index in [0.29, 0.717) is 13.2 Å². The number of aromatic nitrogens is 1. The van der Waals surface area contributed by atoms with Gasteiger partial charge >= 0.3 is 5.97 Å². The van der Waals surface area contributed by atoms with E-state index in [9.17, 15) is 9.59 Å². The summed E-state index contributed by atoms with van der Waals surface area (Å²) in [6, 6.07) is 16.7. The molecule has 0 fully saturated rings. The summed E-state index contributed by atoms with van der Waals surface area (Å²) in [4.78, 5) is 23.9. The Labute approximate surface area is 157 Å². The minimum Gasteiger partial charge on any atom is -0.497 e. The first-order valence-electron chi connectivity index (χ1n) is 8.72. The Morgan fingerprint density at radius 2 is 1.85 bits per heavy atom.